The zero-order valence-electron chi connectivity index (χ0n) is 21.1. The van der Waals surface area contributed by atoms with Gasteiger partial charge < -0.3 is 9.47 Å². The van der Waals surface area contributed by atoms with Crippen molar-refractivity contribution in [3.8, 4) is 16.9 Å². The Morgan fingerprint density at radius 2 is 1.60 bits per heavy atom. The molecule has 0 saturated carbocycles. The van der Waals surface area contributed by atoms with Gasteiger partial charge in [-0.05, 0) is 41.0 Å². The van der Waals surface area contributed by atoms with E-state index in [9.17, 15) is 13.2 Å². The Labute approximate surface area is 242 Å². The van der Waals surface area contributed by atoms with E-state index < -0.39 is 33.3 Å². The first-order valence-corrected chi connectivity index (χ1v) is 14.2. The summed E-state index contributed by atoms with van der Waals surface area (Å²) in [5, 5.41) is -0.154. The van der Waals surface area contributed by atoms with E-state index in [1.807, 2.05) is 36.4 Å². The third kappa shape index (κ3) is 6.83. The molecule has 0 aliphatic heterocycles. The topological polar surface area (TPSA) is 72.9 Å². The number of esters is 1. The summed E-state index contributed by atoms with van der Waals surface area (Å²) >= 11 is 12.5. The molecule has 0 atom stereocenters. The predicted octanol–water partition coefficient (Wildman–Crippen LogP) is 7.30. The van der Waals surface area contributed by atoms with E-state index in [4.69, 9.17) is 32.7 Å². The predicted molar refractivity (Wildman–Crippen MR) is 155 cm³/mol. The highest BCUT2D eigenvalue weighted by Gasteiger charge is 2.32. The number of sulfonamides is 1. The van der Waals surface area contributed by atoms with E-state index >= 15 is 4.39 Å². The van der Waals surface area contributed by atoms with E-state index in [1.165, 1.54) is 24.3 Å². The van der Waals surface area contributed by atoms with Gasteiger partial charge in [-0.1, -0.05) is 96.0 Å². The fourth-order valence-electron chi connectivity index (χ4n) is 3.86. The van der Waals surface area contributed by atoms with Gasteiger partial charge in [-0.2, -0.15) is 0 Å². The van der Waals surface area contributed by atoms with Gasteiger partial charge in [0.25, 0.3) is 10.0 Å². The lowest BCUT2D eigenvalue weighted by Crippen LogP contribution is -2.32. The van der Waals surface area contributed by atoms with Crippen LogP contribution in [0.1, 0.15) is 5.56 Å². The van der Waals surface area contributed by atoms with Crippen LogP contribution in [0, 0.1) is 5.82 Å². The molecule has 0 unspecified atom stereocenters. The highest BCUT2D eigenvalue weighted by molar-refractivity contribution is 7.93. The van der Waals surface area contributed by atoms with Crippen molar-refractivity contribution in [2.75, 3.05) is 17.5 Å². The summed E-state index contributed by atoms with van der Waals surface area (Å²) in [6, 6.07) is 24.7. The lowest BCUT2D eigenvalue weighted by atomic mass is 10.1. The summed E-state index contributed by atoms with van der Waals surface area (Å²) in [5.41, 5.74) is 1.92. The van der Waals surface area contributed by atoms with Crippen LogP contribution in [0.3, 0.4) is 0 Å². The second kappa shape index (κ2) is 13.0. The number of benzene rings is 4. The van der Waals surface area contributed by atoms with E-state index in [1.54, 1.807) is 30.3 Å². The molecule has 0 radical (unpaired) electrons. The van der Waals surface area contributed by atoms with Crippen molar-refractivity contribution in [3.63, 3.8) is 0 Å². The molecule has 4 rings (SSSR count). The van der Waals surface area contributed by atoms with E-state index in [2.05, 4.69) is 6.58 Å². The van der Waals surface area contributed by atoms with Crippen LogP contribution >= 0.6 is 23.2 Å². The van der Waals surface area contributed by atoms with E-state index in [0.717, 1.165) is 21.5 Å². The normalized spacial score (nSPS) is 11.1. The lowest BCUT2D eigenvalue weighted by molar-refractivity contribution is -0.147. The molecule has 206 valence electrons. The van der Waals surface area contributed by atoms with Gasteiger partial charge in [-0.25, -0.2) is 17.6 Å². The summed E-state index contributed by atoms with van der Waals surface area (Å²) < 4.78 is 54.8. The smallest absolute Gasteiger partial charge is 0.344 e. The quantitative estimate of drug-likeness (QED) is 0.133. The minimum absolute atomic E-state index is 0.000333. The maximum atomic E-state index is 15.2. The summed E-state index contributed by atoms with van der Waals surface area (Å²) in [4.78, 5) is 11.9. The van der Waals surface area contributed by atoms with Gasteiger partial charge in [0.15, 0.2) is 12.4 Å². The Morgan fingerprint density at radius 1 is 0.925 bits per heavy atom. The average molecular weight is 600 g/mol. The Kier molecular flexibility index (Phi) is 9.47. The molecule has 0 heterocycles. The van der Waals surface area contributed by atoms with Gasteiger partial charge in [0.2, 0.25) is 0 Å². The van der Waals surface area contributed by atoms with Gasteiger partial charge in [-0.3, -0.25) is 4.31 Å². The average Bonchev–Trinajstić information content (AvgIpc) is 2.95. The number of hydrogen-bond acceptors (Lipinski definition) is 5. The van der Waals surface area contributed by atoms with Crippen LogP contribution in [0.25, 0.3) is 11.1 Å². The fourth-order valence-corrected chi connectivity index (χ4v) is 6.14. The first-order valence-electron chi connectivity index (χ1n) is 12.0. The van der Waals surface area contributed by atoms with E-state index in [-0.39, 0.29) is 34.6 Å². The molecule has 0 saturated heterocycles. The second-order valence-electron chi connectivity index (χ2n) is 8.51. The lowest BCUT2D eigenvalue weighted by Gasteiger charge is -2.25. The van der Waals surface area contributed by atoms with Crippen molar-refractivity contribution < 1.29 is 27.1 Å². The highest BCUT2D eigenvalue weighted by Crippen LogP contribution is 2.39. The monoisotopic (exact) mass is 599 g/mol. The summed E-state index contributed by atoms with van der Waals surface area (Å²) in [6.45, 7) is 2.73. The van der Waals surface area contributed by atoms with Crippen LogP contribution in [0.2, 0.25) is 10.0 Å². The van der Waals surface area contributed by atoms with Crippen LogP contribution in [0.5, 0.6) is 5.75 Å². The molecule has 0 aliphatic rings. The van der Waals surface area contributed by atoms with Gasteiger partial charge >= 0.3 is 5.97 Å². The first kappa shape index (κ1) is 29.1. The standard InChI is InChI=1S/C30H24Cl2FNO5S/c1-2-15-34(27-16-23(13-14-26(27)33)22-11-7-4-8-12-22)40(36,37)28-18-24(31)17-25(32)30(28)39-20-29(35)38-19-21-9-5-3-6-10-21/h2-14,16-18H,1,15,19-20H2. The van der Waals surface area contributed by atoms with Crippen molar-refractivity contribution in [3.05, 3.63) is 125 Å². The number of halogens is 3. The molecule has 4 aromatic rings. The minimum Gasteiger partial charge on any atom is -0.479 e. The second-order valence-corrected chi connectivity index (χ2v) is 11.2. The Balaban J connectivity index is 1.67. The molecule has 0 spiro atoms. The first-order chi connectivity index (χ1) is 19.2. The summed E-state index contributed by atoms with van der Waals surface area (Å²) in [6.07, 6.45) is 1.32. The van der Waals surface area contributed by atoms with Gasteiger partial charge in [0.1, 0.15) is 17.3 Å². The minimum atomic E-state index is -4.54. The Morgan fingerprint density at radius 3 is 2.27 bits per heavy atom. The Hall–Kier alpha value is -3.85. The van der Waals surface area contributed by atoms with Crippen LogP contribution in [-0.4, -0.2) is 27.5 Å². The SMILES string of the molecule is C=CCN(c1cc(-c2ccccc2)ccc1F)S(=O)(=O)c1cc(Cl)cc(Cl)c1OCC(=O)OCc1ccccc1. The number of ether oxygens (including phenoxy) is 2. The molecule has 6 nitrogen and oxygen atoms in total. The van der Waals surface area contributed by atoms with Gasteiger partial charge in [0, 0.05) is 5.02 Å². The molecular formula is C30H24Cl2FNO5S. The summed E-state index contributed by atoms with van der Waals surface area (Å²) in [5.74, 6) is -1.84. The molecule has 0 N–H and O–H groups in total. The number of rotatable bonds is 11. The number of anilines is 1. The van der Waals surface area contributed by atoms with Crippen molar-refractivity contribution >= 4 is 44.9 Å². The van der Waals surface area contributed by atoms with Gasteiger partial charge in [0.05, 0.1) is 17.3 Å². The highest BCUT2D eigenvalue weighted by atomic mass is 35.5. The molecule has 0 aliphatic carbocycles. The molecular weight excluding hydrogens is 576 g/mol. The number of carbonyl (C=O) groups excluding carboxylic acids is 1. The molecule has 10 heteroatoms. The molecule has 40 heavy (non-hydrogen) atoms. The molecule has 4 aromatic carbocycles. The maximum absolute atomic E-state index is 15.2. The van der Waals surface area contributed by atoms with Crippen molar-refractivity contribution in [2.45, 2.75) is 11.5 Å². The zero-order valence-corrected chi connectivity index (χ0v) is 23.4. The molecule has 0 fully saturated rings. The van der Waals surface area contributed by atoms with Crippen LogP contribution in [-0.2, 0) is 26.2 Å². The van der Waals surface area contributed by atoms with Crippen LogP contribution in [0.4, 0.5) is 10.1 Å². The maximum Gasteiger partial charge on any atom is 0.344 e. The zero-order chi connectivity index (χ0) is 28.7. The third-order valence-electron chi connectivity index (χ3n) is 5.74. The van der Waals surface area contributed by atoms with Crippen LogP contribution < -0.4 is 9.04 Å². The Bertz CT molecular complexity index is 1620. The number of hydrogen-bond donors (Lipinski definition) is 0. The molecule has 0 bridgehead atoms. The van der Waals surface area contributed by atoms with Gasteiger partial charge in [-0.15, -0.1) is 6.58 Å². The summed E-state index contributed by atoms with van der Waals surface area (Å²) in [7, 11) is -4.54. The van der Waals surface area contributed by atoms with E-state index in [0.29, 0.717) is 5.56 Å². The van der Waals surface area contributed by atoms with Crippen molar-refractivity contribution in [2.24, 2.45) is 0 Å². The molecule has 0 aromatic heterocycles. The van der Waals surface area contributed by atoms with Crippen molar-refractivity contribution in [1.29, 1.82) is 0 Å². The largest absolute Gasteiger partial charge is 0.479 e. The number of carbonyl (C=O) groups is 1. The fraction of sp³-hybridized carbons (Fsp3) is 0.100. The number of nitrogens with zero attached hydrogens (tertiary/aromatic N) is 1. The van der Waals surface area contributed by atoms with Crippen LogP contribution in [0.15, 0.2) is 109 Å². The third-order valence-corrected chi connectivity index (χ3v) is 8.02. The molecule has 0 amide bonds. The van der Waals surface area contributed by atoms with Crippen molar-refractivity contribution in [1.82, 2.24) is 0 Å².